The van der Waals surface area contributed by atoms with Gasteiger partial charge in [-0.15, -0.1) is 0 Å². The van der Waals surface area contributed by atoms with Gasteiger partial charge in [0, 0.05) is 45.3 Å². The summed E-state index contributed by atoms with van der Waals surface area (Å²) in [7, 11) is 3.59. The smallest absolute Gasteiger partial charge is 0.320 e. The van der Waals surface area contributed by atoms with Crippen LogP contribution in [0.5, 0.6) is 0 Å². The molecule has 0 bridgehead atoms. The van der Waals surface area contributed by atoms with Crippen molar-refractivity contribution in [1.82, 2.24) is 29.8 Å². The lowest BCUT2D eigenvalue weighted by molar-refractivity contribution is 0.159. The number of benzene rings is 1. The van der Waals surface area contributed by atoms with Gasteiger partial charge in [-0.2, -0.15) is 10.2 Å². The van der Waals surface area contributed by atoms with Gasteiger partial charge in [0.15, 0.2) is 0 Å². The number of nitrogens with zero attached hydrogens (tertiary/aromatic N) is 5. The largest absolute Gasteiger partial charge is 0.383 e. The van der Waals surface area contributed by atoms with Crippen molar-refractivity contribution in [2.75, 3.05) is 38.7 Å². The van der Waals surface area contributed by atoms with Crippen molar-refractivity contribution in [2.45, 2.75) is 31.2 Å². The van der Waals surface area contributed by atoms with Crippen LogP contribution in [0.3, 0.4) is 0 Å². The Morgan fingerprint density at radius 3 is 2.82 bits per heavy atom. The summed E-state index contributed by atoms with van der Waals surface area (Å²) in [5.41, 5.74) is 4.27. The van der Waals surface area contributed by atoms with Crippen LogP contribution in [0.1, 0.15) is 29.2 Å². The van der Waals surface area contributed by atoms with Gasteiger partial charge < -0.3 is 10.1 Å². The average Bonchev–Trinajstić information content (AvgIpc) is 3.58. The Bertz CT molecular complexity index is 1110. The summed E-state index contributed by atoms with van der Waals surface area (Å²) >= 11 is 0. The fraction of sp³-hybridized carbons (Fsp3) is 0.458. The maximum atomic E-state index is 13.2. The number of urea groups is 1. The molecule has 2 aromatic heterocycles. The van der Waals surface area contributed by atoms with Gasteiger partial charge in [-0.25, -0.2) is 9.48 Å². The standard InChI is InChI=1S/C24H31N7O2/c1-29-14-18(13-25-29)31-23(19-9-6-10-21(19)28-31)27-24(32)26-22-16-30(11-12-33-2)15-20(22)17-7-4-3-5-8-17/h3-5,7-8,13-14,20,22H,6,9-12,15-16H2,1-2H3,(H2,26,27,32)/t20?,22-/m1/s1. The van der Waals surface area contributed by atoms with Crippen molar-refractivity contribution >= 4 is 11.8 Å². The number of aryl methyl sites for hydroxylation is 2. The number of hydrogen-bond donors (Lipinski definition) is 2. The molecule has 5 rings (SSSR count). The van der Waals surface area contributed by atoms with Gasteiger partial charge in [0.05, 0.1) is 30.7 Å². The fourth-order valence-corrected chi connectivity index (χ4v) is 5.01. The van der Waals surface area contributed by atoms with Crippen LogP contribution in [-0.4, -0.2) is 69.9 Å². The number of rotatable bonds is 7. The number of anilines is 1. The zero-order valence-corrected chi connectivity index (χ0v) is 19.2. The predicted molar refractivity (Wildman–Crippen MR) is 126 cm³/mol. The monoisotopic (exact) mass is 449 g/mol. The minimum absolute atomic E-state index is 0.00654. The van der Waals surface area contributed by atoms with Crippen LogP contribution in [0.2, 0.25) is 0 Å². The van der Waals surface area contributed by atoms with Crippen LogP contribution >= 0.6 is 0 Å². The number of methoxy groups -OCH3 is 1. The van der Waals surface area contributed by atoms with Crippen molar-refractivity contribution < 1.29 is 9.53 Å². The maximum Gasteiger partial charge on any atom is 0.320 e. The molecule has 174 valence electrons. The van der Waals surface area contributed by atoms with Crippen molar-refractivity contribution in [3.05, 3.63) is 59.5 Å². The summed E-state index contributed by atoms with van der Waals surface area (Å²) in [6.45, 7) is 3.20. The highest BCUT2D eigenvalue weighted by molar-refractivity contribution is 5.90. The highest BCUT2D eigenvalue weighted by Gasteiger charge is 2.35. The van der Waals surface area contributed by atoms with Crippen LogP contribution in [0.4, 0.5) is 10.6 Å². The molecular formula is C24H31N7O2. The predicted octanol–water partition coefficient (Wildman–Crippen LogP) is 2.33. The molecule has 2 amide bonds. The van der Waals surface area contributed by atoms with E-state index in [0.29, 0.717) is 6.61 Å². The lowest BCUT2D eigenvalue weighted by atomic mass is 9.94. The van der Waals surface area contributed by atoms with Crippen LogP contribution < -0.4 is 10.6 Å². The highest BCUT2D eigenvalue weighted by atomic mass is 16.5. The second kappa shape index (κ2) is 9.36. The van der Waals surface area contributed by atoms with Gasteiger partial charge in [0.25, 0.3) is 0 Å². The van der Waals surface area contributed by atoms with E-state index < -0.39 is 0 Å². The van der Waals surface area contributed by atoms with Gasteiger partial charge in [-0.1, -0.05) is 30.3 Å². The minimum atomic E-state index is -0.200. The Morgan fingerprint density at radius 2 is 2.06 bits per heavy atom. The molecule has 2 atom stereocenters. The van der Waals surface area contributed by atoms with Crippen molar-refractivity contribution in [2.24, 2.45) is 7.05 Å². The lowest BCUT2D eigenvalue weighted by Crippen LogP contribution is -2.42. The fourth-order valence-electron chi connectivity index (χ4n) is 5.01. The molecule has 2 N–H and O–H groups in total. The Morgan fingerprint density at radius 1 is 1.21 bits per heavy atom. The molecule has 33 heavy (non-hydrogen) atoms. The topological polar surface area (TPSA) is 89.2 Å². The Balaban J connectivity index is 1.35. The van der Waals surface area contributed by atoms with E-state index in [1.54, 1.807) is 18.0 Å². The summed E-state index contributed by atoms with van der Waals surface area (Å²) in [4.78, 5) is 15.6. The molecule has 1 fully saturated rings. The molecule has 1 aliphatic carbocycles. The second-order valence-corrected chi connectivity index (χ2v) is 8.89. The number of aromatic nitrogens is 4. The van der Waals surface area contributed by atoms with Crippen molar-refractivity contribution in [3.8, 4) is 5.69 Å². The van der Waals surface area contributed by atoms with Gasteiger partial charge in [-0.3, -0.25) is 14.9 Å². The van der Waals surface area contributed by atoms with Gasteiger partial charge in [0.2, 0.25) is 0 Å². The zero-order chi connectivity index (χ0) is 22.8. The quantitative estimate of drug-likeness (QED) is 0.578. The molecule has 1 aliphatic heterocycles. The average molecular weight is 450 g/mol. The molecule has 1 saturated heterocycles. The number of ether oxygens (including phenoxy) is 1. The third kappa shape index (κ3) is 4.51. The van der Waals surface area contributed by atoms with E-state index in [1.165, 1.54) is 5.56 Å². The van der Waals surface area contributed by atoms with E-state index in [0.717, 1.165) is 61.7 Å². The molecule has 9 nitrogen and oxygen atoms in total. The molecule has 1 aromatic carbocycles. The van der Waals surface area contributed by atoms with Crippen LogP contribution in [-0.2, 0) is 24.6 Å². The van der Waals surface area contributed by atoms with E-state index in [1.807, 2.05) is 24.0 Å². The summed E-state index contributed by atoms with van der Waals surface area (Å²) in [5, 5.41) is 15.4. The molecule has 0 spiro atoms. The molecule has 3 aromatic rings. The second-order valence-electron chi connectivity index (χ2n) is 8.89. The molecule has 3 heterocycles. The summed E-state index contributed by atoms with van der Waals surface area (Å²) in [6, 6.07) is 10.2. The molecular weight excluding hydrogens is 418 g/mol. The number of amides is 2. The number of nitrogens with one attached hydrogen (secondary N) is 2. The number of hydrogen-bond acceptors (Lipinski definition) is 5. The molecule has 0 radical (unpaired) electrons. The molecule has 9 heteroatoms. The van der Waals surface area contributed by atoms with E-state index in [2.05, 4.69) is 44.9 Å². The summed E-state index contributed by atoms with van der Waals surface area (Å²) in [5.74, 6) is 0.973. The molecule has 1 unspecified atom stereocenters. The Labute approximate surface area is 193 Å². The van der Waals surface area contributed by atoms with Crippen molar-refractivity contribution in [3.63, 3.8) is 0 Å². The molecule has 2 aliphatic rings. The number of likely N-dealkylation sites (tertiary alicyclic amines) is 1. The van der Waals surface area contributed by atoms with Crippen LogP contribution in [0, 0.1) is 0 Å². The van der Waals surface area contributed by atoms with Crippen LogP contribution in [0.25, 0.3) is 5.69 Å². The number of carbonyl (C=O) groups excluding carboxylic acids is 1. The third-order valence-electron chi connectivity index (χ3n) is 6.63. The zero-order valence-electron chi connectivity index (χ0n) is 19.2. The highest BCUT2D eigenvalue weighted by Crippen LogP contribution is 2.31. The first-order valence-electron chi connectivity index (χ1n) is 11.6. The van der Waals surface area contributed by atoms with Crippen molar-refractivity contribution in [1.29, 1.82) is 0 Å². The van der Waals surface area contributed by atoms with Gasteiger partial charge in [-0.05, 0) is 24.8 Å². The maximum absolute atomic E-state index is 13.2. The number of fused-ring (bicyclic) bond motifs is 1. The first kappa shape index (κ1) is 21.7. The van der Waals surface area contributed by atoms with Crippen LogP contribution in [0.15, 0.2) is 42.7 Å². The SMILES string of the molecule is COCCN1CC(c2ccccc2)[C@H](NC(=O)Nc2c3c(nn2-c2cnn(C)c2)CCC3)C1. The van der Waals surface area contributed by atoms with E-state index >= 15 is 0 Å². The van der Waals surface area contributed by atoms with E-state index in [4.69, 9.17) is 9.84 Å². The summed E-state index contributed by atoms with van der Waals surface area (Å²) in [6.07, 6.45) is 6.59. The molecule has 0 saturated carbocycles. The summed E-state index contributed by atoms with van der Waals surface area (Å²) < 4.78 is 8.82. The van der Waals surface area contributed by atoms with Gasteiger partial charge >= 0.3 is 6.03 Å². The first-order chi connectivity index (χ1) is 16.1. The van der Waals surface area contributed by atoms with Gasteiger partial charge in [0.1, 0.15) is 11.5 Å². The van der Waals surface area contributed by atoms with E-state index in [-0.39, 0.29) is 18.0 Å². The third-order valence-corrected chi connectivity index (χ3v) is 6.63. The minimum Gasteiger partial charge on any atom is -0.383 e. The van der Waals surface area contributed by atoms with E-state index in [9.17, 15) is 4.79 Å². The normalized spacial score (nSPS) is 20.2. The number of carbonyl (C=O) groups is 1. The Hall–Kier alpha value is -3.17. The Kier molecular flexibility index (Phi) is 6.15. The first-order valence-corrected chi connectivity index (χ1v) is 11.6. The lowest BCUT2D eigenvalue weighted by Gasteiger charge is -2.21.